The standard InChI is InChI=1S/C32H36N10O3/c43-29(3-1-10-40-11-2-12-40)36-24-19-42(20-24)25-8-9-33-28(17-25)39-32(44)37-23-6-4-22(5-7-23)27-18-26-30(38-27)34-21-35-31(26)41-13-15-45-16-14-41/h1,3-9,17-18,21,24H,2,10-16,19-20H2,(H,36,43)(H,34,35,38)(H2,33,37,39,44)/b3-1+. The van der Waals surface area contributed by atoms with E-state index in [4.69, 9.17) is 4.74 Å². The van der Waals surface area contributed by atoms with Gasteiger partial charge >= 0.3 is 6.03 Å². The summed E-state index contributed by atoms with van der Waals surface area (Å²) >= 11 is 0. The number of hydrogen-bond donors (Lipinski definition) is 4. The molecule has 13 nitrogen and oxygen atoms in total. The van der Waals surface area contributed by atoms with Crippen molar-refractivity contribution in [2.24, 2.45) is 0 Å². The third-order valence-corrected chi connectivity index (χ3v) is 8.33. The van der Waals surface area contributed by atoms with Crippen LogP contribution in [-0.2, 0) is 9.53 Å². The molecule has 3 saturated heterocycles. The maximum atomic E-state index is 12.8. The van der Waals surface area contributed by atoms with Gasteiger partial charge in [-0.05, 0) is 49.3 Å². The van der Waals surface area contributed by atoms with Crippen LogP contribution in [0.4, 0.5) is 27.8 Å². The lowest BCUT2D eigenvalue weighted by Crippen LogP contribution is -2.59. The number of urea groups is 1. The first kappa shape index (κ1) is 28.7. The van der Waals surface area contributed by atoms with Gasteiger partial charge in [-0.2, -0.15) is 0 Å². The fourth-order valence-electron chi connectivity index (χ4n) is 5.71. The maximum Gasteiger partial charge on any atom is 0.324 e. The van der Waals surface area contributed by atoms with E-state index in [1.54, 1.807) is 18.6 Å². The van der Waals surface area contributed by atoms with E-state index in [0.717, 1.165) is 66.5 Å². The van der Waals surface area contributed by atoms with E-state index in [1.165, 1.54) is 6.42 Å². The molecule has 232 valence electrons. The minimum Gasteiger partial charge on any atom is -0.378 e. The Hall–Kier alpha value is -5.01. The van der Waals surface area contributed by atoms with Gasteiger partial charge in [-0.3, -0.25) is 15.0 Å². The molecule has 6 heterocycles. The second-order valence-electron chi connectivity index (χ2n) is 11.5. The number of benzene rings is 1. The van der Waals surface area contributed by atoms with Crippen molar-refractivity contribution >= 4 is 46.0 Å². The summed E-state index contributed by atoms with van der Waals surface area (Å²) in [6.07, 6.45) is 8.04. The first-order chi connectivity index (χ1) is 22.1. The predicted octanol–water partition coefficient (Wildman–Crippen LogP) is 3.07. The lowest BCUT2D eigenvalue weighted by atomic mass is 10.1. The Morgan fingerprint density at radius 3 is 2.56 bits per heavy atom. The van der Waals surface area contributed by atoms with Crippen molar-refractivity contribution < 1.29 is 14.3 Å². The molecule has 13 heteroatoms. The fraction of sp³-hybridized carbons (Fsp3) is 0.344. The number of carbonyl (C=O) groups is 2. The van der Waals surface area contributed by atoms with Crippen LogP contribution in [0.25, 0.3) is 22.3 Å². The predicted molar refractivity (Wildman–Crippen MR) is 174 cm³/mol. The normalized spacial score (nSPS) is 17.2. The molecule has 0 radical (unpaired) electrons. The van der Waals surface area contributed by atoms with Crippen molar-refractivity contribution in [2.45, 2.75) is 12.5 Å². The molecule has 45 heavy (non-hydrogen) atoms. The number of nitrogens with one attached hydrogen (secondary N) is 4. The summed E-state index contributed by atoms with van der Waals surface area (Å²) in [6.45, 7) is 7.41. The first-order valence-corrected chi connectivity index (χ1v) is 15.3. The summed E-state index contributed by atoms with van der Waals surface area (Å²) in [6, 6.07) is 13.1. The van der Waals surface area contributed by atoms with Crippen LogP contribution in [0.3, 0.4) is 0 Å². The highest BCUT2D eigenvalue weighted by Gasteiger charge is 2.28. The zero-order chi connectivity index (χ0) is 30.6. The molecule has 0 unspecified atom stereocenters. The summed E-state index contributed by atoms with van der Waals surface area (Å²) in [7, 11) is 0. The SMILES string of the molecule is O=C(/C=C/CN1CCC1)NC1CN(c2ccnc(NC(=O)Nc3ccc(-c4cc5c(N6CCOCC6)ncnc5[nH]4)cc3)c2)C1. The second kappa shape index (κ2) is 12.9. The Kier molecular flexibility index (Phi) is 8.25. The average molecular weight is 609 g/mol. The molecule has 3 fully saturated rings. The molecular formula is C32H36N10O3. The van der Waals surface area contributed by atoms with Crippen LogP contribution < -0.4 is 25.8 Å². The number of amides is 3. The Morgan fingerprint density at radius 1 is 0.956 bits per heavy atom. The zero-order valence-electron chi connectivity index (χ0n) is 24.9. The molecule has 3 amide bonds. The molecule has 3 aromatic heterocycles. The number of rotatable bonds is 9. The Labute approximate surface area is 260 Å². The van der Waals surface area contributed by atoms with Gasteiger partial charge in [0.25, 0.3) is 0 Å². The van der Waals surface area contributed by atoms with E-state index >= 15 is 0 Å². The summed E-state index contributed by atoms with van der Waals surface area (Å²) in [4.78, 5) is 48.2. The van der Waals surface area contributed by atoms with E-state index in [-0.39, 0.29) is 18.0 Å². The van der Waals surface area contributed by atoms with Gasteiger partial charge in [-0.1, -0.05) is 18.2 Å². The van der Waals surface area contributed by atoms with Gasteiger partial charge in [0.15, 0.2) is 0 Å². The number of morpholine rings is 1. The minimum atomic E-state index is -0.387. The molecule has 0 spiro atoms. The minimum absolute atomic E-state index is 0.0597. The number of ether oxygens (including phenoxy) is 1. The van der Waals surface area contributed by atoms with Crippen LogP contribution >= 0.6 is 0 Å². The van der Waals surface area contributed by atoms with Gasteiger partial charge in [0.05, 0.1) is 24.6 Å². The summed E-state index contributed by atoms with van der Waals surface area (Å²) in [5.74, 6) is 1.29. The Morgan fingerprint density at radius 2 is 1.78 bits per heavy atom. The molecule has 0 saturated carbocycles. The quantitative estimate of drug-likeness (QED) is 0.211. The van der Waals surface area contributed by atoms with Gasteiger partial charge in [-0.25, -0.2) is 19.7 Å². The lowest BCUT2D eigenvalue weighted by Gasteiger charge is -2.41. The highest BCUT2D eigenvalue weighted by molar-refractivity contribution is 5.99. The number of likely N-dealkylation sites (tertiary alicyclic amines) is 1. The van der Waals surface area contributed by atoms with E-state index in [9.17, 15) is 9.59 Å². The monoisotopic (exact) mass is 608 g/mol. The molecule has 4 N–H and O–H groups in total. The van der Waals surface area contributed by atoms with Crippen molar-refractivity contribution in [3.8, 4) is 11.3 Å². The van der Waals surface area contributed by atoms with E-state index in [2.05, 4.69) is 56.7 Å². The maximum absolute atomic E-state index is 12.8. The van der Waals surface area contributed by atoms with Crippen molar-refractivity contribution in [3.05, 3.63) is 67.1 Å². The molecule has 4 aromatic rings. The largest absolute Gasteiger partial charge is 0.378 e. The number of fused-ring (bicyclic) bond motifs is 1. The van der Waals surface area contributed by atoms with Gasteiger partial charge in [0, 0.05) is 68.1 Å². The smallest absolute Gasteiger partial charge is 0.324 e. The molecule has 0 bridgehead atoms. The molecular weight excluding hydrogens is 572 g/mol. The van der Waals surface area contributed by atoms with Gasteiger partial charge in [-0.15, -0.1) is 0 Å². The number of carbonyl (C=O) groups excluding carboxylic acids is 2. The third-order valence-electron chi connectivity index (χ3n) is 8.33. The zero-order valence-corrected chi connectivity index (χ0v) is 24.9. The number of aromatic nitrogens is 4. The molecule has 0 atom stereocenters. The topological polar surface area (TPSA) is 144 Å². The van der Waals surface area contributed by atoms with Crippen molar-refractivity contribution in [1.82, 2.24) is 30.2 Å². The Bertz CT molecular complexity index is 1690. The molecule has 3 aliphatic rings. The van der Waals surface area contributed by atoms with Gasteiger partial charge in [0.2, 0.25) is 5.91 Å². The van der Waals surface area contributed by atoms with Crippen molar-refractivity contribution in [1.29, 1.82) is 0 Å². The summed E-state index contributed by atoms with van der Waals surface area (Å²) in [5.41, 5.74) is 4.25. The number of anilines is 4. The number of hydrogen-bond acceptors (Lipinski definition) is 9. The number of aromatic amines is 1. The number of pyridine rings is 1. The van der Waals surface area contributed by atoms with Crippen LogP contribution in [0.1, 0.15) is 6.42 Å². The fourth-order valence-corrected chi connectivity index (χ4v) is 5.71. The van der Waals surface area contributed by atoms with E-state index in [0.29, 0.717) is 37.8 Å². The molecule has 1 aromatic carbocycles. The molecule has 3 aliphatic heterocycles. The van der Waals surface area contributed by atoms with Gasteiger partial charge < -0.3 is 30.2 Å². The van der Waals surface area contributed by atoms with Crippen molar-refractivity contribution in [2.75, 3.05) is 79.5 Å². The van der Waals surface area contributed by atoms with Crippen LogP contribution in [0.15, 0.2) is 67.1 Å². The van der Waals surface area contributed by atoms with Gasteiger partial charge in [0.1, 0.15) is 23.6 Å². The third kappa shape index (κ3) is 6.74. The van der Waals surface area contributed by atoms with Crippen LogP contribution in [0.5, 0.6) is 0 Å². The van der Waals surface area contributed by atoms with Crippen LogP contribution in [-0.4, -0.2) is 102 Å². The summed E-state index contributed by atoms with van der Waals surface area (Å²) in [5, 5.41) is 9.70. The Balaban J connectivity index is 0.910. The highest BCUT2D eigenvalue weighted by Crippen LogP contribution is 2.30. The van der Waals surface area contributed by atoms with Crippen molar-refractivity contribution in [3.63, 3.8) is 0 Å². The molecule has 0 aliphatic carbocycles. The first-order valence-electron chi connectivity index (χ1n) is 15.3. The van der Waals surface area contributed by atoms with Crippen LogP contribution in [0.2, 0.25) is 0 Å². The van der Waals surface area contributed by atoms with E-state index in [1.807, 2.05) is 42.5 Å². The average Bonchev–Trinajstić information content (AvgIpc) is 3.45. The molecule has 7 rings (SSSR count). The lowest BCUT2D eigenvalue weighted by molar-refractivity contribution is -0.117. The highest BCUT2D eigenvalue weighted by atomic mass is 16.5. The summed E-state index contributed by atoms with van der Waals surface area (Å²) < 4.78 is 5.49. The number of nitrogens with zero attached hydrogens (tertiary/aromatic N) is 6. The second-order valence-corrected chi connectivity index (χ2v) is 11.5. The van der Waals surface area contributed by atoms with E-state index < -0.39 is 0 Å². The number of H-pyrrole nitrogens is 1. The van der Waals surface area contributed by atoms with Crippen LogP contribution in [0, 0.1) is 0 Å².